The van der Waals surface area contributed by atoms with Gasteiger partial charge in [0, 0.05) is 5.57 Å². The van der Waals surface area contributed by atoms with Gasteiger partial charge in [-0.3, -0.25) is 4.70 Å². The van der Waals surface area contributed by atoms with Gasteiger partial charge in [-0.05, 0) is 5.92 Å². The second-order valence-corrected chi connectivity index (χ2v) is 1.99. The normalized spacial score (nSPS) is 8.33. The Hall–Kier alpha value is -0.860. The van der Waals surface area contributed by atoms with E-state index in [1.54, 1.807) is 13.8 Å². The van der Waals surface area contributed by atoms with E-state index in [4.69, 9.17) is 5.11 Å². The summed E-state index contributed by atoms with van der Waals surface area (Å²) < 4.78 is 0. The molecule has 0 aromatic carbocycles. The summed E-state index contributed by atoms with van der Waals surface area (Å²) in [6.45, 7) is 6.96. The van der Waals surface area contributed by atoms with E-state index in [0.29, 0.717) is 0 Å². The van der Waals surface area contributed by atoms with Crippen LogP contribution in [0.5, 0.6) is 0 Å². The highest BCUT2D eigenvalue weighted by Crippen LogP contribution is 2.04. The molecule has 3 heteroatoms. The number of rotatable bonds is 2. The molecule has 0 spiro atoms. The molecule has 0 amide bonds. The Morgan fingerprint density at radius 3 is 1.89 bits per heavy atom. The van der Waals surface area contributed by atoms with Gasteiger partial charge in [-0.25, -0.2) is 4.79 Å². The zero-order chi connectivity index (χ0) is 6.73. The van der Waals surface area contributed by atoms with Crippen molar-refractivity contribution in [1.29, 1.82) is 0 Å². The van der Waals surface area contributed by atoms with Crippen LogP contribution in [0.3, 0.4) is 0 Å². The van der Waals surface area contributed by atoms with E-state index in [9.17, 15) is 4.79 Å². The molecule has 0 bridgehead atoms. The Morgan fingerprint density at radius 1 is 1.56 bits per heavy atom. The van der Waals surface area contributed by atoms with Crippen LogP contribution >= 0.6 is 0 Å². The van der Waals surface area contributed by atoms with Gasteiger partial charge < -0.3 is 5.11 Å². The SMILES string of the molecule is C=C(C(=O)O)C(C)C.F. The highest BCUT2D eigenvalue weighted by molar-refractivity contribution is 5.86. The van der Waals surface area contributed by atoms with Crippen molar-refractivity contribution in [2.24, 2.45) is 5.92 Å². The maximum atomic E-state index is 10.0. The Labute approximate surface area is 53.6 Å². The van der Waals surface area contributed by atoms with Crippen molar-refractivity contribution < 1.29 is 14.6 Å². The first-order valence-corrected chi connectivity index (χ1v) is 2.47. The number of halogens is 1. The lowest BCUT2D eigenvalue weighted by atomic mass is 10.1. The maximum Gasteiger partial charge on any atom is 0.331 e. The zero-order valence-corrected chi connectivity index (χ0v) is 5.55. The van der Waals surface area contributed by atoms with Gasteiger partial charge in [0.05, 0.1) is 0 Å². The summed E-state index contributed by atoms with van der Waals surface area (Å²) in [5.41, 5.74) is 0.269. The average molecular weight is 134 g/mol. The molecule has 54 valence electrons. The molecular formula is C6H11FO2. The standard InChI is InChI=1S/C6H10O2.FH/c1-4(2)5(3)6(7)8;/h4H,3H2,1-2H3,(H,7,8);1H. The Bertz CT molecular complexity index is 118. The van der Waals surface area contributed by atoms with Crippen LogP contribution in [0.25, 0.3) is 0 Å². The first-order chi connectivity index (χ1) is 3.55. The van der Waals surface area contributed by atoms with Gasteiger partial charge in [0.15, 0.2) is 0 Å². The minimum Gasteiger partial charge on any atom is -0.478 e. The smallest absolute Gasteiger partial charge is 0.331 e. The molecule has 0 saturated carbocycles. The van der Waals surface area contributed by atoms with Crippen molar-refractivity contribution in [3.63, 3.8) is 0 Å². The molecule has 0 radical (unpaired) electrons. The van der Waals surface area contributed by atoms with E-state index in [1.807, 2.05) is 0 Å². The fraction of sp³-hybridized carbons (Fsp3) is 0.500. The fourth-order valence-corrected chi connectivity index (χ4v) is 0.247. The van der Waals surface area contributed by atoms with Gasteiger partial charge in [0.1, 0.15) is 0 Å². The topological polar surface area (TPSA) is 37.3 Å². The molecule has 0 fully saturated rings. The van der Waals surface area contributed by atoms with Gasteiger partial charge in [-0.15, -0.1) is 0 Å². The summed E-state index contributed by atoms with van der Waals surface area (Å²) in [6, 6.07) is 0. The van der Waals surface area contributed by atoms with Crippen molar-refractivity contribution >= 4 is 5.97 Å². The summed E-state index contributed by atoms with van der Waals surface area (Å²) in [6.07, 6.45) is 0. The summed E-state index contributed by atoms with van der Waals surface area (Å²) in [5.74, 6) is -0.854. The van der Waals surface area contributed by atoms with Crippen LogP contribution in [0.15, 0.2) is 12.2 Å². The van der Waals surface area contributed by atoms with Crippen LogP contribution in [-0.2, 0) is 4.79 Å². The fourth-order valence-electron chi connectivity index (χ4n) is 0.247. The minimum absolute atomic E-state index is 0. The minimum atomic E-state index is -0.903. The molecule has 0 rings (SSSR count). The van der Waals surface area contributed by atoms with E-state index in [0.717, 1.165) is 0 Å². The lowest BCUT2D eigenvalue weighted by Crippen LogP contribution is -2.04. The lowest BCUT2D eigenvalue weighted by Gasteiger charge is -2.00. The summed E-state index contributed by atoms with van der Waals surface area (Å²) >= 11 is 0. The molecule has 0 aromatic rings. The zero-order valence-electron chi connectivity index (χ0n) is 5.55. The van der Waals surface area contributed by atoms with Gasteiger partial charge in [-0.1, -0.05) is 20.4 Å². The van der Waals surface area contributed by atoms with Gasteiger partial charge in [0.2, 0.25) is 0 Å². The number of aliphatic carboxylic acids is 1. The van der Waals surface area contributed by atoms with Gasteiger partial charge in [-0.2, -0.15) is 0 Å². The average Bonchev–Trinajstić information content (AvgIpc) is 1.64. The first-order valence-electron chi connectivity index (χ1n) is 2.47. The highest BCUT2D eigenvalue weighted by atomic mass is 19.0. The molecule has 9 heavy (non-hydrogen) atoms. The molecule has 0 aliphatic rings. The van der Waals surface area contributed by atoms with Crippen molar-refractivity contribution in [3.05, 3.63) is 12.2 Å². The van der Waals surface area contributed by atoms with E-state index >= 15 is 0 Å². The third kappa shape index (κ3) is 3.70. The number of carbonyl (C=O) groups is 1. The van der Waals surface area contributed by atoms with Crippen molar-refractivity contribution in [1.82, 2.24) is 0 Å². The van der Waals surface area contributed by atoms with Crippen molar-refractivity contribution in [3.8, 4) is 0 Å². The van der Waals surface area contributed by atoms with Gasteiger partial charge in [0.25, 0.3) is 0 Å². The van der Waals surface area contributed by atoms with Crippen molar-refractivity contribution in [2.45, 2.75) is 13.8 Å². The van der Waals surface area contributed by atoms with Crippen LogP contribution in [0.4, 0.5) is 4.70 Å². The van der Waals surface area contributed by atoms with Crippen LogP contribution < -0.4 is 0 Å². The maximum absolute atomic E-state index is 10.0. The van der Waals surface area contributed by atoms with Crippen LogP contribution in [0.2, 0.25) is 0 Å². The molecule has 0 aliphatic carbocycles. The third-order valence-electron chi connectivity index (χ3n) is 0.972. The van der Waals surface area contributed by atoms with Crippen LogP contribution in [-0.4, -0.2) is 11.1 Å². The second-order valence-electron chi connectivity index (χ2n) is 1.99. The number of carboxylic acid groups (broad SMARTS) is 1. The third-order valence-corrected chi connectivity index (χ3v) is 0.972. The van der Waals surface area contributed by atoms with Gasteiger partial charge >= 0.3 is 5.97 Å². The second kappa shape index (κ2) is 4.06. The number of hydrogen-bond donors (Lipinski definition) is 1. The molecule has 0 unspecified atom stereocenters. The largest absolute Gasteiger partial charge is 0.478 e. The predicted molar refractivity (Wildman–Crippen MR) is 34.1 cm³/mol. The summed E-state index contributed by atoms with van der Waals surface area (Å²) in [4.78, 5) is 10.0. The first kappa shape index (κ1) is 11.0. The monoisotopic (exact) mass is 134 g/mol. The van der Waals surface area contributed by atoms with Crippen molar-refractivity contribution in [2.75, 3.05) is 0 Å². The van der Waals surface area contributed by atoms with Crippen LogP contribution in [0, 0.1) is 5.92 Å². The Balaban J connectivity index is 0. The molecule has 1 N–H and O–H groups in total. The molecule has 0 aromatic heterocycles. The quantitative estimate of drug-likeness (QED) is 0.580. The number of carboxylic acids is 1. The highest BCUT2D eigenvalue weighted by Gasteiger charge is 2.06. The summed E-state index contributed by atoms with van der Waals surface area (Å²) in [5, 5.41) is 8.25. The predicted octanol–water partition coefficient (Wildman–Crippen LogP) is 1.44. The molecule has 0 aliphatic heterocycles. The van der Waals surface area contributed by atoms with Crippen LogP contribution in [0.1, 0.15) is 13.8 Å². The Morgan fingerprint density at radius 2 is 1.89 bits per heavy atom. The molecule has 0 atom stereocenters. The molecule has 0 saturated heterocycles. The molecule has 2 nitrogen and oxygen atoms in total. The lowest BCUT2D eigenvalue weighted by molar-refractivity contribution is -0.133. The summed E-state index contributed by atoms with van der Waals surface area (Å²) in [7, 11) is 0. The van der Waals surface area contributed by atoms with E-state index in [2.05, 4.69) is 6.58 Å². The molecular weight excluding hydrogens is 123 g/mol. The molecule has 0 heterocycles. The Kier molecular flexibility index (Phi) is 4.97. The van der Waals surface area contributed by atoms with E-state index in [-0.39, 0.29) is 16.2 Å². The van der Waals surface area contributed by atoms with E-state index < -0.39 is 5.97 Å². The number of hydrogen-bond acceptors (Lipinski definition) is 1. The van der Waals surface area contributed by atoms with E-state index in [1.165, 1.54) is 0 Å².